The molecule has 1 nitrogen and oxygen atoms in total. The van der Waals surface area contributed by atoms with Crippen LogP contribution in [-0.4, -0.2) is 5.54 Å². The molecule has 16 heavy (non-hydrogen) atoms. The Hall–Kier alpha value is -0.560. The molecule has 1 aliphatic carbocycles. The van der Waals surface area contributed by atoms with Crippen molar-refractivity contribution in [2.75, 3.05) is 0 Å². The molecule has 0 bridgehead atoms. The normalized spacial score (nSPS) is 25.9. The van der Waals surface area contributed by atoms with E-state index in [2.05, 4.69) is 45.9 Å². The summed E-state index contributed by atoms with van der Waals surface area (Å²) in [7, 11) is 0. The summed E-state index contributed by atoms with van der Waals surface area (Å²) in [6.07, 6.45) is 11.5. The first-order valence-corrected chi connectivity index (χ1v) is 6.53. The first-order chi connectivity index (χ1) is 7.42. The molecule has 0 aromatic heterocycles. The zero-order valence-corrected chi connectivity index (χ0v) is 11.3. The molecule has 0 saturated carbocycles. The summed E-state index contributed by atoms with van der Waals surface area (Å²) in [6, 6.07) is 0. The Bertz CT molecular complexity index is 271. The van der Waals surface area contributed by atoms with Crippen LogP contribution in [-0.2, 0) is 0 Å². The Morgan fingerprint density at radius 1 is 1.56 bits per heavy atom. The molecule has 2 unspecified atom stereocenters. The second kappa shape index (κ2) is 5.67. The monoisotopic (exact) mass is 221 g/mol. The summed E-state index contributed by atoms with van der Waals surface area (Å²) in [5, 5.41) is 0. The van der Waals surface area contributed by atoms with Gasteiger partial charge in [0.25, 0.3) is 0 Å². The largest absolute Gasteiger partial charge is 0.325 e. The Balaban J connectivity index is 2.50. The average Bonchev–Trinajstić information content (AvgIpc) is 2.17. The standard InChI is InChI=1S/C15H27N/c1-12(2)6-5-11-15(4,16)14-9-7-13(3)8-10-14/h5-7,12,14H,8-11,16H2,1-4H3. The molecule has 0 saturated heterocycles. The van der Waals surface area contributed by atoms with Gasteiger partial charge >= 0.3 is 0 Å². The van der Waals surface area contributed by atoms with Gasteiger partial charge in [-0.3, -0.25) is 0 Å². The minimum absolute atomic E-state index is 0.0391. The van der Waals surface area contributed by atoms with Crippen molar-refractivity contribution < 1.29 is 0 Å². The fourth-order valence-electron chi connectivity index (χ4n) is 2.33. The van der Waals surface area contributed by atoms with E-state index in [9.17, 15) is 0 Å². The van der Waals surface area contributed by atoms with Crippen LogP contribution >= 0.6 is 0 Å². The molecular formula is C15H27N. The van der Waals surface area contributed by atoms with Gasteiger partial charge in [0.15, 0.2) is 0 Å². The third-order valence-electron chi connectivity index (χ3n) is 3.65. The number of hydrogen-bond acceptors (Lipinski definition) is 1. The van der Waals surface area contributed by atoms with Gasteiger partial charge in [-0.05, 0) is 51.4 Å². The molecule has 1 heteroatoms. The Labute approximate surface area is 101 Å². The topological polar surface area (TPSA) is 26.0 Å². The Morgan fingerprint density at radius 3 is 2.75 bits per heavy atom. The van der Waals surface area contributed by atoms with Crippen molar-refractivity contribution in [1.29, 1.82) is 0 Å². The lowest BCUT2D eigenvalue weighted by Crippen LogP contribution is -2.44. The molecule has 0 heterocycles. The van der Waals surface area contributed by atoms with Crippen LogP contribution in [0.4, 0.5) is 0 Å². The van der Waals surface area contributed by atoms with Gasteiger partial charge in [-0.15, -0.1) is 0 Å². The minimum atomic E-state index is -0.0391. The lowest BCUT2D eigenvalue weighted by molar-refractivity contribution is 0.273. The SMILES string of the molecule is CC1=CCC(C(C)(N)CC=CC(C)C)CC1. The van der Waals surface area contributed by atoms with Gasteiger partial charge in [0.05, 0.1) is 0 Å². The quantitative estimate of drug-likeness (QED) is 0.712. The van der Waals surface area contributed by atoms with E-state index in [0.29, 0.717) is 11.8 Å². The molecule has 0 radical (unpaired) electrons. The molecule has 2 N–H and O–H groups in total. The van der Waals surface area contributed by atoms with Gasteiger partial charge in [-0.1, -0.05) is 37.6 Å². The fraction of sp³-hybridized carbons (Fsp3) is 0.733. The summed E-state index contributed by atoms with van der Waals surface area (Å²) in [5.41, 5.74) is 7.94. The van der Waals surface area contributed by atoms with E-state index in [4.69, 9.17) is 5.73 Å². The predicted octanol–water partition coefficient (Wildman–Crippen LogP) is 4.05. The van der Waals surface area contributed by atoms with E-state index in [1.807, 2.05) is 0 Å². The number of allylic oxidation sites excluding steroid dienone is 3. The zero-order chi connectivity index (χ0) is 12.2. The summed E-state index contributed by atoms with van der Waals surface area (Å²) >= 11 is 0. The first-order valence-electron chi connectivity index (χ1n) is 6.53. The third-order valence-corrected chi connectivity index (χ3v) is 3.65. The lowest BCUT2D eigenvalue weighted by Gasteiger charge is -2.35. The maximum atomic E-state index is 6.44. The van der Waals surface area contributed by atoms with Crippen molar-refractivity contribution in [3.05, 3.63) is 23.8 Å². The average molecular weight is 221 g/mol. The summed E-state index contributed by atoms with van der Waals surface area (Å²) in [5.74, 6) is 1.28. The molecule has 0 aromatic rings. The van der Waals surface area contributed by atoms with Crippen LogP contribution in [0, 0.1) is 11.8 Å². The highest BCUT2D eigenvalue weighted by Gasteiger charge is 2.29. The molecule has 0 amide bonds. The van der Waals surface area contributed by atoms with E-state index >= 15 is 0 Å². The molecule has 92 valence electrons. The van der Waals surface area contributed by atoms with E-state index in [1.165, 1.54) is 18.4 Å². The third kappa shape index (κ3) is 4.13. The molecule has 0 fully saturated rings. The second-order valence-electron chi connectivity index (χ2n) is 5.90. The molecule has 0 aromatic carbocycles. The lowest BCUT2D eigenvalue weighted by atomic mass is 9.75. The van der Waals surface area contributed by atoms with Gasteiger partial charge in [0, 0.05) is 5.54 Å². The van der Waals surface area contributed by atoms with Gasteiger partial charge in [-0.2, -0.15) is 0 Å². The maximum absolute atomic E-state index is 6.44. The highest BCUT2D eigenvalue weighted by molar-refractivity contribution is 5.08. The van der Waals surface area contributed by atoms with Crippen LogP contribution in [0.25, 0.3) is 0 Å². The van der Waals surface area contributed by atoms with Crippen molar-refractivity contribution >= 4 is 0 Å². The van der Waals surface area contributed by atoms with Gasteiger partial charge in [0.2, 0.25) is 0 Å². The molecule has 2 atom stereocenters. The smallest absolute Gasteiger partial charge is 0.0192 e. The Kier molecular flexibility index (Phi) is 4.79. The van der Waals surface area contributed by atoms with Crippen molar-refractivity contribution in [2.24, 2.45) is 17.6 Å². The second-order valence-corrected chi connectivity index (χ2v) is 5.90. The molecular weight excluding hydrogens is 194 g/mol. The van der Waals surface area contributed by atoms with E-state index < -0.39 is 0 Å². The van der Waals surface area contributed by atoms with Crippen molar-refractivity contribution in [3.8, 4) is 0 Å². The van der Waals surface area contributed by atoms with Crippen molar-refractivity contribution in [1.82, 2.24) is 0 Å². The maximum Gasteiger partial charge on any atom is 0.0192 e. The summed E-state index contributed by atoms with van der Waals surface area (Å²) < 4.78 is 0. The highest BCUT2D eigenvalue weighted by Crippen LogP contribution is 2.32. The summed E-state index contributed by atoms with van der Waals surface area (Å²) in [4.78, 5) is 0. The van der Waals surface area contributed by atoms with Crippen LogP contribution in [0.1, 0.15) is 53.4 Å². The van der Waals surface area contributed by atoms with Crippen LogP contribution in [0.2, 0.25) is 0 Å². The van der Waals surface area contributed by atoms with Crippen LogP contribution in [0.15, 0.2) is 23.8 Å². The van der Waals surface area contributed by atoms with E-state index in [1.54, 1.807) is 0 Å². The van der Waals surface area contributed by atoms with Gasteiger partial charge in [-0.25, -0.2) is 0 Å². The van der Waals surface area contributed by atoms with Crippen molar-refractivity contribution in [3.63, 3.8) is 0 Å². The minimum Gasteiger partial charge on any atom is -0.325 e. The molecule has 1 rings (SSSR count). The predicted molar refractivity (Wildman–Crippen MR) is 72.3 cm³/mol. The van der Waals surface area contributed by atoms with Crippen LogP contribution < -0.4 is 5.73 Å². The molecule has 0 spiro atoms. The van der Waals surface area contributed by atoms with Gasteiger partial charge in [0.1, 0.15) is 0 Å². The summed E-state index contributed by atoms with van der Waals surface area (Å²) in [6.45, 7) is 8.84. The first kappa shape index (κ1) is 13.5. The molecule has 0 aliphatic heterocycles. The van der Waals surface area contributed by atoms with Gasteiger partial charge < -0.3 is 5.73 Å². The van der Waals surface area contributed by atoms with E-state index in [0.717, 1.165) is 12.8 Å². The van der Waals surface area contributed by atoms with E-state index in [-0.39, 0.29) is 5.54 Å². The van der Waals surface area contributed by atoms with Crippen LogP contribution in [0.3, 0.4) is 0 Å². The van der Waals surface area contributed by atoms with Crippen LogP contribution in [0.5, 0.6) is 0 Å². The fourth-order valence-corrected chi connectivity index (χ4v) is 2.33. The molecule has 1 aliphatic rings. The Morgan fingerprint density at radius 2 is 2.25 bits per heavy atom. The number of hydrogen-bond donors (Lipinski definition) is 1. The zero-order valence-electron chi connectivity index (χ0n) is 11.3. The number of nitrogens with two attached hydrogens (primary N) is 1. The van der Waals surface area contributed by atoms with Crippen molar-refractivity contribution in [2.45, 2.75) is 58.9 Å². The number of rotatable bonds is 4. The highest BCUT2D eigenvalue weighted by atomic mass is 14.7.